The SMILES string of the molecule is COc1cc(/C=C(/C#N)c2nc3ccc(C)cc3[nH]2)cc([N+](=O)[O-])c1OCc1ccccc1C. The van der Waals surface area contributed by atoms with Crippen molar-refractivity contribution in [1.82, 2.24) is 9.97 Å². The van der Waals surface area contributed by atoms with Crippen molar-refractivity contribution in [2.45, 2.75) is 20.5 Å². The Labute approximate surface area is 196 Å². The van der Waals surface area contributed by atoms with Crippen LogP contribution in [0.25, 0.3) is 22.7 Å². The van der Waals surface area contributed by atoms with Crippen LogP contribution in [0.15, 0.2) is 54.6 Å². The number of aromatic amines is 1. The first-order valence-corrected chi connectivity index (χ1v) is 10.5. The number of methoxy groups -OCH3 is 1. The van der Waals surface area contributed by atoms with Crippen LogP contribution in [0.4, 0.5) is 5.69 Å². The van der Waals surface area contributed by atoms with Gasteiger partial charge in [0.25, 0.3) is 0 Å². The van der Waals surface area contributed by atoms with E-state index < -0.39 is 4.92 Å². The van der Waals surface area contributed by atoms with E-state index in [0.717, 1.165) is 27.7 Å². The highest BCUT2D eigenvalue weighted by molar-refractivity contribution is 5.91. The summed E-state index contributed by atoms with van der Waals surface area (Å²) >= 11 is 0. The first-order chi connectivity index (χ1) is 16.4. The number of fused-ring (bicyclic) bond motifs is 1. The molecule has 0 atom stereocenters. The Kier molecular flexibility index (Phi) is 6.28. The van der Waals surface area contributed by atoms with Crippen LogP contribution < -0.4 is 9.47 Å². The number of benzene rings is 3. The van der Waals surface area contributed by atoms with Crippen molar-refractivity contribution in [3.05, 3.63) is 92.8 Å². The number of H-pyrrole nitrogens is 1. The maximum atomic E-state index is 11.9. The molecule has 3 aromatic carbocycles. The molecule has 0 spiro atoms. The summed E-state index contributed by atoms with van der Waals surface area (Å²) in [6.45, 7) is 4.07. The third kappa shape index (κ3) is 4.59. The average Bonchev–Trinajstić information content (AvgIpc) is 3.24. The fraction of sp³-hybridized carbons (Fsp3) is 0.154. The molecule has 0 fully saturated rings. The van der Waals surface area contributed by atoms with Gasteiger partial charge in [0.05, 0.1) is 28.6 Å². The van der Waals surface area contributed by atoms with Gasteiger partial charge in [-0.25, -0.2) is 4.98 Å². The van der Waals surface area contributed by atoms with Crippen molar-refractivity contribution < 1.29 is 14.4 Å². The van der Waals surface area contributed by atoms with Crippen molar-refractivity contribution in [2.75, 3.05) is 7.11 Å². The molecule has 34 heavy (non-hydrogen) atoms. The Bertz CT molecular complexity index is 1460. The average molecular weight is 454 g/mol. The number of allylic oxidation sites excluding steroid dienone is 1. The number of nitrogens with zero attached hydrogens (tertiary/aromatic N) is 3. The number of rotatable bonds is 7. The summed E-state index contributed by atoms with van der Waals surface area (Å²) in [6.07, 6.45) is 1.53. The Balaban J connectivity index is 1.73. The number of hydrogen-bond acceptors (Lipinski definition) is 6. The predicted octanol–water partition coefficient (Wildman–Crippen LogP) is 5.74. The summed E-state index contributed by atoms with van der Waals surface area (Å²) in [7, 11) is 1.42. The number of imidazole rings is 1. The Hall–Kier alpha value is -4.64. The topological polar surface area (TPSA) is 114 Å². The van der Waals surface area contributed by atoms with Crippen molar-refractivity contribution in [3.63, 3.8) is 0 Å². The standard InChI is InChI=1S/C26H22N4O4/c1-16-8-9-21-22(10-16)29-26(28-21)20(14-27)11-18-12-23(30(31)32)25(24(13-18)33-3)34-15-19-7-5-4-6-17(19)2/h4-13H,15H2,1-3H3,(H,28,29)/b20-11-. The molecule has 1 N–H and O–H groups in total. The van der Waals surface area contributed by atoms with Gasteiger partial charge in [-0.05, 0) is 60.4 Å². The van der Waals surface area contributed by atoms with Crippen molar-refractivity contribution in [3.8, 4) is 17.6 Å². The first-order valence-electron chi connectivity index (χ1n) is 10.5. The zero-order valence-electron chi connectivity index (χ0n) is 19.0. The molecule has 0 radical (unpaired) electrons. The second kappa shape index (κ2) is 9.46. The minimum Gasteiger partial charge on any atom is -0.493 e. The maximum absolute atomic E-state index is 11.9. The van der Waals surface area contributed by atoms with Gasteiger partial charge in [0.2, 0.25) is 5.75 Å². The Morgan fingerprint density at radius 2 is 2.00 bits per heavy atom. The molecule has 170 valence electrons. The zero-order valence-corrected chi connectivity index (χ0v) is 19.0. The number of ether oxygens (including phenoxy) is 2. The molecule has 0 amide bonds. The molecule has 0 aliphatic heterocycles. The highest BCUT2D eigenvalue weighted by atomic mass is 16.6. The van der Waals surface area contributed by atoms with Gasteiger partial charge < -0.3 is 14.5 Å². The van der Waals surface area contributed by atoms with E-state index in [0.29, 0.717) is 11.4 Å². The predicted molar refractivity (Wildman–Crippen MR) is 129 cm³/mol. The molecule has 0 saturated carbocycles. The van der Waals surface area contributed by atoms with Gasteiger partial charge in [-0.3, -0.25) is 10.1 Å². The molecule has 0 aliphatic carbocycles. The number of nitro benzene ring substituents is 1. The van der Waals surface area contributed by atoms with E-state index >= 15 is 0 Å². The quantitative estimate of drug-likeness (QED) is 0.216. The lowest BCUT2D eigenvalue weighted by Gasteiger charge is -2.13. The molecule has 0 saturated heterocycles. The molecule has 4 rings (SSSR count). The molecule has 4 aromatic rings. The fourth-order valence-corrected chi connectivity index (χ4v) is 3.62. The third-order valence-electron chi connectivity index (χ3n) is 5.43. The normalized spacial score (nSPS) is 11.3. The molecule has 1 aromatic heterocycles. The van der Waals surface area contributed by atoms with E-state index in [4.69, 9.17) is 9.47 Å². The maximum Gasteiger partial charge on any atom is 0.315 e. The lowest BCUT2D eigenvalue weighted by molar-refractivity contribution is -0.386. The minimum absolute atomic E-state index is 0.0330. The summed E-state index contributed by atoms with van der Waals surface area (Å²) in [6, 6.07) is 18.5. The smallest absolute Gasteiger partial charge is 0.315 e. The van der Waals surface area contributed by atoms with E-state index in [1.807, 2.05) is 56.3 Å². The highest BCUT2D eigenvalue weighted by Gasteiger charge is 2.23. The van der Waals surface area contributed by atoms with Crippen LogP contribution in [0.5, 0.6) is 11.5 Å². The summed E-state index contributed by atoms with van der Waals surface area (Å²) < 4.78 is 11.3. The van der Waals surface area contributed by atoms with E-state index in [2.05, 4.69) is 16.0 Å². The van der Waals surface area contributed by atoms with Gasteiger partial charge in [-0.2, -0.15) is 5.26 Å². The molecular formula is C26H22N4O4. The molecule has 8 nitrogen and oxygen atoms in total. The summed E-state index contributed by atoms with van der Waals surface area (Å²) in [5.41, 5.74) is 4.92. The Morgan fingerprint density at radius 1 is 1.21 bits per heavy atom. The molecule has 0 aliphatic rings. The van der Waals surface area contributed by atoms with E-state index in [9.17, 15) is 15.4 Å². The van der Waals surface area contributed by atoms with Gasteiger partial charge in [0.15, 0.2) is 5.75 Å². The van der Waals surface area contributed by atoms with Crippen LogP contribution in [0.1, 0.15) is 28.1 Å². The molecule has 8 heteroatoms. The fourth-order valence-electron chi connectivity index (χ4n) is 3.62. The van der Waals surface area contributed by atoms with Gasteiger partial charge in [-0.15, -0.1) is 0 Å². The number of nitrogens with one attached hydrogen (secondary N) is 1. The van der Waals surface area contributed by atoms with Gasteiger partial charge in [0.1, 0.15) is 18.5 Å². The van der Waals surface area contributed by atoms with E-state index in [1.54, 1.807) is 6.07 Å². The number of aryl methyl sites for hydroxylation is 2. The third-order valence-corrected chi connectivity index (χ3v) is 5.43. The zero-order chi connectivity index (χ0) is 24.2. The number of aromatic nitrogens is 2. The minimum atomic E-state index is -0.525. The second-order valence-electron chi connectivity index (χ2n) is 7.82. The highest BCUT2D eigenvalue weighted by Crippen LogP contribution is 2.39. The summed E-state index contributed by atoms with van der Waals surface area (Å²) in [5.74, 6) is 0.613. The Morgan fingerprint density at radius 3 is 2.71 bits per heavy atom. The van der Waals surface area contributed by atoms with Crippen LogP contribution in [-0.2, 0) is 6.61 Å². The van der Waals surface area contributed by atoms with Crippen molar-refractivity contribution in [1.29, 1.82) is 5.26 Å². The van der Waals surface area contributed by atoms with Crippen LogP contribution in [0.2, 0.25) is 0 Å². The molecular weight excluding hydrogens is 432 g/mol. The van der Waals surface area contributed by atoms with Gasteiger partial charge in [-0.1, -0.05) is 30.3 Å². The van der Waals surface area contributed by atoms with Crippen LogP contribution >= 0.6 is 0 Å². The van der Waals surface area contributed by atoms with Crippen LogP contribution in [0, 0.1) is 35.3 Å². The number of nitriles is 1. The molecule has 0 bridgehead atoms. The van der Waals surface area contributed by atoms with Gasteiger partial charge >= 0.3 is 5.69 Å². The summed E-state index contributed by atoms with van der Waals surface area (Å²) in [4.78, 5) is 18.9. The van der Waals surface area contributed by atoms with Crippen molar-refractivity contribution >= 4 is 28.4 Å². The number of nitro groups is 1. The van der Waals surface area contributed by atoms with E-state index in [1.165, 1.54) is 19.3 Å². The molecule has 0 unspecified atom stereocenters. The lowest BCUT2D eigenvalue weighted by atomic mass is 10.1. The summed E-state index contributed by atoms with van der Waals surface area (Å²) in [5, 5.41) is 21.6. The monoisotopic (exact) mass is 454 g/mol. The molecule has 1 heterocycles. The second-order valence-corrected chi connectivity index (χ2v) is 7.82. The first kappa shape index (κ1) is 22.6. The van der Waals surface area contributed by atoms with Crippen LogP contribution in [-0.4, -0.2) is 22.0 Å². The number of hydrogen-bond donors (Lipinski definition) is 1. The largest absolute Gasteiger partial charge is 0.493 e. The van der Waals surface area contributed by atoms with Gasteiger partial charge in [0, 0.05) is 6.07 Å². The van der Waals surface area contributed by atoms with Crippen molar-refractivity contribution in [2.24, 2.45) is 0 Å². The lowest BCUT2D eigenvalue weighted by Crippen LogP contribution is -2.03. The van der Waals surface area contributed by atoms with Crippen LogP contribution in [0.3, 0.4) is 0 Å². The van der Waals surface area contributed by atoms with E-state index in [-0.39, 0.29) is 29.4 Å².